The van der Waals surface area contributed by atoms with Gasteiger partial charge < -0.3 is 10.1 Å². The SMILES string of the molecule is Cc1nc2c(C(=O)O)cc(-c3ccc(-c4ccccc4CN4CCSCC4)cc3)cc2[nH]1. The van der Waals surface area contributed by atoms with Crippen LogP contribution in [0.25, 0.3) is 33.3 Å². The molecule has 5 nitrogen and oxygen atoms in total. The van der Waals surface area contributed by atoms with Gasteiger partial charge in [-0.15, -0.1) is 0 Å². The molecule has 3 aromatic carbocycles. The van der Waals surface area contributed by atoms with Crippen LogP contribution in [0.1, 0.15) is 21.7 Å². The number of nitrogens with one attached hydrogen (secondary N) is 1. The van der Waals surface area contributed by atoms with Crippen molar-refractivity contribution in [1.82, 2.24) is 14.9 Å². The van der Waals surface area contributed by atoms with Gasteiger partial charge in [0, 0.05) is 31.1 Å². The summed E-state index contributed by atoms with van der Waals surface area (Å²) in [5.74, 6) is 2.15. The highest BCUT2D eigenvalue weighted by atomic mass is 32.2. The summed E-state index contributed by atoms with van der Waals surface area (Å²) in [7, 11) is 0. The third kappa shape index (κ3) is 4.16. The molecular weight excluding hydrogens is 418 g/mol. The van der Waals surface area contributed by atoms with Gasteiger partial charge in [-0.05, 0) is 46.9 Å². The minimum atomic E-state index is -0.968. The maximum Gasteiger partial charge on any atom is 0.337 e. The first-order chi connectivity index (χ1) is 15.6. The molecule has 1 aliphatic rings. The smallest absolute Gasteiger partial charge is 0.337 e. The fourth-order valence-electron chi connectivity index (χ4n) is 4.35. The number of aromatic amines is 1. The van der Waals surface area contributed by atoms with E-state index in [1.807, 2.05) is 24.8 Å². The highest BCUT2D eigenvalue weighted by molar-refractivity contribution is 7.99. The van der Waals surface area contributed by atoms with E-state index in [1.165, 1.54) is 28.2 Å². The molecule has 6 heteroatoms. The van der Waals surface area contributed by atoms with Crippen LogP contribution in [0.2, 0.25) is 0 Å². The van der Waals surface area contributed by atoms with Crippen LogP contribution in [0.5, 0.6) is 0 Å². The van der Waals surface area contributed by atoms with E-state index in [4.69, 9.17) is 0 Å². The van der Waals surface area contributed by atoms with E-state index >= 15 is 0 Å². The molecule has 0 atom stereocenters. The second-order valence-electron chi connectivity index (χ2n) is 8.17. The lowest BCUT2D eigenvalue weighted by atomic mass is 9.96. The molecule has 162 valence electrons. The van der Waals surface area contributed by atoms with Crippen molar-refractivity contribution in [2.45, 2.75) is 13.5 Å². The Bertz CT molecular complexity index is 1270. The van der Waals surface area contributed by atoms with Gasteiger partial charge in [0.25, 0.3) is 0 Å². The van der Waals surface area contributed by atoms with E-state index in [9.17, 15) is 9.90 Å². The summed E-state index contributed by atoms with van der Waals surface area (Å²) in [6, 6.07) is 20.7. The van der Waals surface area contributed by atoms with Gasteiger partial charge in [0.15, 0.2) is 0 Å². The lowest BCUT2D eigenvalue weighted by Gasteiger charge is -2.27. The molecule has 1 aliphatic heterocycles. The maximum atomic E-state index is 11.8. The molecule has 2 heterocycles. The zero-order valence-electron chi connectivity index (χ0n) is 18.0. The summed E-state index contributed by atoms with van der Waals surface area (Å²) in [5.41, 5.74) is 7.08. The first-order valence-corrected chi connectivity index (χ1v) is 12.0. The first-order valence-electron chi connectivity index (χ1n) is 10.8. The average Bonchev–Trinajstić information content (AvgIpc) is 3.19. The highest BCUT2D eigenvalue weighted by Crippen LogP contribution is 2.31. The Hall–Kier alpha value is -3.09. The number of H-pyrrole nitrogens is 1. The van der Waals surface area contributed by atoms with Gasteiger partial charge >= 0.3 is 5.97 Å². The van der Waals surface area contributed by atoms with Crippen molar-refractivity contribution in [2.75, 3.05) is 24.6 Å². The van der Waals surface area contributed by atoms with Crippen molar-refractivity contribution < 1.29 is 9.90 Å². The lowest BCUT2D eigenvalue weighted by molar-refractivity contribution is 0.0699. The van der Waals surface area contributed by atoms with Crippen molar-refractivity contribution in [3.05, 3.63) is 77.6 Å². The predicted molar refractivity (Wildman–Crippen MR) is 131 cm³/mol. The van der Waals surface area contributed by atoms with Crippen molar-refractivity contribution in [3.8, 4) is 22.3 Å². The molecule has 0 spiro atoms. The number of nitrogens with zero attached hydrogens (tertiary/aromatic N) is 2. The number of aryl methyl sites for hydroxylation is 1. The summed E-state index contributed by atoms with van der Waals surface area (Å²) in [4.78, 5) is 21.8. The number of fused-ring (bicyclic) bond motifs is 1. The Morgan fingerprint density at radius 2 is 1.75 bits per heavy atom. The molecule has 1 aromatic heterocycles. The molecule has 4 aromatic rings. The van der Waals surface area contributed by atoms with Crippen LogP contribution in [0, 0.1) is 6.92 Å². The molecule has 0 bridgehead atoms. The van der Waals surface area contributed by atoms with Crippen LogP contribution < -0.4 is 0 Å². The Kier molecular flexibility index (Phi) is 5.72. The molecule has 0 aliphatic carbocycles. The number of carboxylic acid groups (broad SMARTS) is 1. The number of imidazole rings is 1. The third-order valence-corrected chi connectivity index (χ3v) is 6.92. The highest BCUT2D eigenvalue weighted by Gasteiger charge is 2.16. The van der Waals surface area contributed by atoms with Gasteiger partial charge in [-0.25, -0.2) is 9.78 Å². The molecule has 2 N–H and O–H groups in total. The number of aromatic nitrogens is 2. The molecule has 0 radical (unpaired) electrons. The second-order valence-corrected chi connectivity index (χ2v) is 9.40. The summed E-state index contributed by atoms with van der Waals surface area (Å²) >= 11 is 2.03. The van der Waals surface area contributed by atoms with Gasteiger partial charge in [-0.2, -0.15) is 11.8 Å². The number of benzene rings is 3. The topological polar surface area (TPSA) is 69.2 Å². The average molecular weight is 444 g/mol. The van der Waals surface area contributed by atoms with E-state index < -0.39 is 5.97 Å². The minimum absolute atomic E-state index is 0.218. The summed E-state index contributed by atoms with van der Waals surface area (Å²) < 4.78 is 0. The largest absolute Gasteiger partial charge is 0.478 e. The zero-order valence-corrected chi connectivity index (χ0v) is 18.8. The minimum Gasteiger partial charge on any atom is -0.478 e. The molecule has 1 saturated heterocycles. The molecule has 0 amide bonds. The summed E-state index contributed by atoms with van der Waals surface area (Å²) in [5, 5.41) is 9.66. The summed E-state index contributed by atoms with van der Waals surface area (Å²) in [6.45, 7) is 5.08. The Balaban J connectivity index is 1.47. The molecule has 1 fully saturated rings. The van der Waals surface area contributed by atoms with Gasteiger partial charge in [-0.1, -0.05) is 48.5 Å². The van der Waals surface area contributed by atoms with Crippen molar-refractivity contribution in [3.63, 3.8) is 0 Å². The maximum absolute atomic E-state index is 11.8. The Labute approximate surface area is 191 Å². The van der Waals surface area contributed by atoms with E-state index in [0.717, 1.165) is 36.3 Å². The van der Waals surface area contributed by atoms with Crippen molar-refractivity contribution in [2.24, 2.45) is 0 Å². The fraction of sp³-hybridized carbons (Fsp3) is 0.231. The lowest BCUT2D eigenvalue weighted by Crippen LogP contribution is -2.32. The Morgan fingerprint density at radius 3 is 2.50 bits per heavy atom. The van der Waals surface area contributed by atoms with Crippen LogP contribution >= 0.6 is 11.8 Å². The van der Waals surface area contributed by atoms with E-state index in [-0.39, 0.29) is 5.56 Å². The molecule has 5 rings (SSSR count). The predicted octanol–water partition coefficient (Wildman–Crippen LogP) is 5.45. The van der Waals surface area contributed by atoms with Crippen LogP contribution in [-0.2, 0) is 6.54 Å². The van der Waals surface area contributed by atoms with Crippen LogP contribution in [-0.4, -0.2) is 50.5 Å². The molecule has 0 saturated carbocycles. The van der Waals surface area contributed by atoms with Gasteiger partial charge in [-0.3, -0.25) is 4.90 Å². The van der Waals surface area contributed by atoms with E-state index in [2.05, 4.69) is 63.4 Å². The fourth-order valence-corrected chi connectivity index (χ4v) is 5.33. The van der Waals surface area contributed by atoms with Crippen molar-refractivity contribution in [1.29, 1.82) is 0 Å². The molecule has 32 heavy (non-hydrogen) atoms. The number of aromatic carboxylic acids is 1. The van der Waals surface area contributed by atoms with Crippen LogP contribution in [0.15, 0.2) is 60.7 Å². The normalized spacial score (nSPS) is 14.7. The third-order valence-electron chi connectivity index (χ3n) is 5.98. The second kappa shape index (κ2) is 8.81. The van der Waals surface area contributed by atoms with Gasteiger partial charge in [0.05, 0.1) is 11.1 Å². The zero-order chi connectivity index (χ0) is 22.1. The van der Waals surface area contributed by atoms with Gasteiger partial charge in [0.1, 0.15) is 11.3 Å². The molecular formula is C26H25N3O2S. The Morgan fingerprint density at radius 1 is 1.03 bits per heavy atom. The van der Waals surface area contributed by atoms with E-state index in [1.54, 1.807) is 6.07 Å². The number of hydrogen-bond acceptors (Lipinski definition) is 4. The monoisotopic (exact) mass is 443 g/mol. The van der Waals surface area contributed by atoms with E-state index in [0.29, 0.717) is 11.3 Å². The number of thioether (sulfide) groups is 1. The number of hydrogen-bond donors (Lipinski definition) is 2. The molecule has 0 unspecified atom stereocenters. The van der Waals surface area contributed by atoms with Gasteiger partial charge in [0.2, 0.25) is 0 Å². The first kappa shape index (κ1) is 20.8. The quantitative estimate of drug-likeness (QED) is 0.429. The number of carboxylic acids is 1. The number of rotatable bonds is 5. The standard InChI is InChI=1S/C26H25N3O2S/c1-17-27-24-15-21(14-23(26(30)31)25(24)28-17)18-6-8-19(9-7-18)22-5-3-2-4-20(22)16-29-10-12-32-13-11-29/h2-9,14-15H,10-13,16H2,1H3,(H,27,28)(H,30,31). The van der Waals surface area contributed by atoms with Crippen LogP contribution in [0.3, 0.4) is 0 Å². The van der Waals surface area contributed by atoms with Crippen molar-refractivity contribution >= 4 is 28.8 Å². The van der Waals surface area contributed by atoms with Crippen LogP contribution in [0.4, 0.5) is 0 Å². The number of carbonyl (C=O) groups is 1. The summed E-state index contributed by atoms with van der Waals surface area (Å²) in [6.07, 6.45) is 0.